The van der Waals surface area contributed by atoms with Crippen LogP contribution in [0.1, 0.15) is 21.5 Å². The lowest BCUT2D eigenvalue weighted by atomic mass is 10.1. The van der Waals surface area contributed by atoms with Gasteiger partial charge in [-0.15, -0.1) is 0 Å². The van der Waals surface area contributed by atoms with E-state index in [0.717, 1.165) is 11.1 Å². The van der Waals surface area contributed by atoms with Crippen LogP contribution < -0.4 is 4.74 Å². The Morgan fingerprint density at radius 2 is 2.04 bits per heavy atom. The van der Waals surface area contributed by atoms with Crippen LogP contribution in [0, 0.1) is 0 Å². The fourth-order valence-electron chi connectivity index (χ4n) is 2.42. The van der Waals surface area contributed by atoms with Crippen LogP contribution in [0.4, 0.5) is 0 Å². The standard InChI is InChI=1S/C20H18N2O3/c1-25-20-11-17(8-10-19(20)24)18(23)9-7-16-12-21-22(14-16)13-15-5-3-2-4-6-15/h2-12,14,24H,13H2,1H3/b9-7+. The maximum Gasteiger partial charge on any atom is 0.185 e. The Morgan fingerprint density at radius 3 is 2.80 bits per heavy atom. The minimum atomic E-state index is -0.172. The topological polar surface area (TPSA) is 64.3 Å². The molecule has 5 heteroatoms. The zero-order valence-corrected chi connectivity index (χ0v) is 13.8. The minimum absolute atomic E-state index is 0.00483. The molecule has 5 nitrogen and oxygen atoms in total. The zero-order chi connectivity index (χ0) is 17.6. The van der Waals surface area contributed by atoms with Gasteiger partial charge in [-0.1, -0.05) is 30.3 Å². The zero-order valence-electron chi connectivity index (χ0n) is 13.8. The molecule has 3 rings (SSSR count). The van der Waals surface area contributed by atoms with Crippen LogP contribution in [0.15, 0.2) is 67.0 Å². The number of methoxy groups -OCH3 is 1. The predicted octanol–water partition coefficient (Wildman–Crippen LogP) is 3.54. The number of benzene rings is 2. The number of ether oxygens (including phenoxy) is 1. The van der Waals surface area contributed by atoms with Crippen LogP contribution in [0.3, 0.4) is 0 Å². The number of ketones is 1. The molecule has 0 radical (unpaired) electrons. The fraction of sp³-hybridized carbons (Fsp3) is 0.100. The van der Waals surface area contributed by atoms with Gasteiger partial charge in [0.05, 0.1) is 19.9 Å². The number of phenolic OH excluding ortho intramolecular Hbond substituents is 1. The van der Waals surface area contributed by atoms with E-state index in [1.165, 1.54) is 25.3 Å². The van der Waals surface area contributed by atoms with E-state index in [4.69, 9.17) is 4.74 Å². The van der Waals surface area contributed by atoms with E-state index in [9.17, 15) is 9.90 Å². The van der Waals surface area contributed by atoms with Gasteiger partial charge < -0.3 is 9.84 Å². The molecule has 0 spiro atoms. The van der Waals surface area contributed by atoms with Crippen molar-refractivity contribution >= 4 is 11.9 Å². The highest BCUT2D eigenvalue weighted by atomic mass is 16.5. The van der Waals surface area contributed by atoms with Gasteiger partial charge in [-0.2, -0.15) is 5.10 Å². The summed E-state index contributed by atoms with van der Waals surface area (Å²) in [6.07, 6.45) is 6.80. The first-order chi connectivity index (χ1) is 12.2. The normalized spacial score (nSPS) is 10.9. The Kier molecular flexibility index (Phi) is 4.95. The van der Waals surface area contributed by atoms with Crippen molar-refractivity contribution in [1.82, 2.24) is 9.78 Å². The number of hydrogen-bond donors (Lipinski definition) is 1. The lowest BCUT2D eigenvalue weighted by Crippen LogP contribution is -1.99. The number of carbonyl (C=O) groups excluding carboxylic acids is 1. The first-order valence-corrected chi connectivity index (χ1v) is 7.81. The Balaban J connectivity index is 1.69. The number of allylic oxidation sites excluding steroid dienone is 1. The van der Waals surface area contributed by atoms with E-state index in [1.807, 2.05) is 41.2 Å². The van der Waals surface area contributed by atoms with Crippen molar-refractivity contribution < 1.29 is 14.6 Å². The molecule has 0 aliphatic heterocycles. The average molecular weight is 334 g/mol. The van der Waals surface area contributed by atoms with Crippen LogP contribution in [0.2, 0.25) is 0 Å². The number of aromatic hydroxyl groups is 1. The summed E-state index contributed by atoms with van der Waals surface area (Å²) in [6, 6.07) is 14.6. The molecule has 1 heterocycles. The van der Waals surface area contributed by atoms with Gasteiger partial charge in [-0.05, 0) is 35.9 Å². The highest BCUT2D eigenvalue weighted by molar-refractivity contribution is 6.07. The molecular formula is C20H18N2O3. The molecule has 25 heavy (non-hydrogen) atoms. The molecule has 0 saturated heterocycles. The largest absolute Gasteiger partial charge is 0.504 e. The SMILES string of the molecule is COc1cc(C(=O)/C=C/c2cnn(Cc3ccccc3)c2)ccc1O. The second-order valence-electron chi connectivity index (χ2n) is 5.54. The third-order valence-corrected chi connectivity index (χ3v) is 3.73. The van der Waals surface area contributed by atoms with E-state index in [2.05, 4.69) is 5.10 Å². The van der Waals surface area contributed by atoms with Gasteiger partial charge in [0.1, 0.15) is 0 Å². The number of hydrogen-bond acceptors (Lipinski definition) is 4. The van der Waals surface area contributed by atoms with Gasteiger partial charge in [0.2, 0.25) is 0 Å². The summed E-state index contributed by atoms with van der Waals surface area (Å²) in [7, 11) is 1.44. The molecule has 1 N–H and O–H groups in total. The summed E-state index contributed by atoms with van der Waals surface area (Å²) >= 11 is 0. The molecule has 0 aliphatic carbocycles. The van der Waals surface area contributed by atoms with Gasteiger partial charge in [0, 0.05) is 17.3 Å². The van der Waals surface area contributed by atoms with Crippen molar-refractivity contribution in [2.45, 2.75) is 6.54 Å². The van der Waals surface area contributed by atoms with Gasteiger partial charge in [0.15, 0.2) is 17.3 Å². The van der Waals surface area contributed by atoms with Crippen molar-refractivity contribution in [3.8, 4) is 11.5 Å². The smallest absolute Gasteiger partial charge is 0.185 e. The lowest BCUT2D eigenvalue weighted by Gasteiger charge is -2.04. The molecular weight excluding hydrogens is 316 g/mol. The summed E-state index contributed by atoms with van der Waals surface area (Å²) in [5.74, 6) is 0.106. The van der Waals surface area contributed by atoms with Gasteiger partial charge in [-0.3, -0.25) is 9.48 Å². The Morgan fingerprint density at radius 1 is 1.24 bits per heavy atom. The number of aromatic nitrogens is 2. The number of rotatable bonds is 6. The van der Waals surface area contributed by atoms with Crippen LogP contribution >= 0.6 is 0 Å². The Labute approximate surface area is 145 Å². The van der Waals surface area contributed by atoms with E-state index >= 15 is 0 Å². The first kappa shape index (κ1) is 16.5. The Bertz CT molecular complexity index is 898. The first-order valence-electron chi connectivity index (χ1n) is 7.81. The van der Waals surface area contributed by atoms with Gasteiger partial charge in [0.25, 0.3) is 0 Å². The summed E-state index contributed by atoms with van der Waals surface area (Å²) < 4.78 is 6.84. The third kappa shape index (κ3) is 4.14. The molecule has 0 unspecified atom stereocenters. The summed E-state index contributed by atoms with van der Waals surface area (Å²) in [6.45, 7) is 0.678. The third-order valence-electron chi connectivity index (χ3n) is 3.73. The Hall–Kier alpha value is -3.34. The number of carbonyl (C=O) groups is 1. The van der Waals surface area contributed by atoms with Crippen LogP contribution in [-0.4, -0.2) is 27.8 Å². The van der Waals surface area contributed by atoms with E-state index in [0.29, 0.717) is 12.1 Å². The molecule has 0 atom stereocenters. The maximum absolute atomic E-state index is 12.2. The van der Waals surface area contributed by atoms with Crippen molar-refractivity contribution in [3.63, 3.8) is 0 Å². The minimum Gasteiger partial charge on any atom is -0.504 e. The lowest BCUT2D eigenvalue weighted by molar-refractivity contribution is 0.104. The molecule has 0 fully saturated rings. The van der Waals surface area contributed by atoms with Crippen molar-refractivity contribution in [3.05, 3.63) is 83.7 Å². The molecule has 0 saturated carbocycles. The van der Waals surface area contributed by atoms with E-state index < -0.39 is 0 Å². The summed E-state index contributed by atoms with van der Waals surface area (Å²) in [5, 5.41) is 13.9. The highest BCUT2D eigenvalue weighted by Gasteiger charge is 2.07. The molecule has 3 aromatic rings. The van der Waals surface area contributed by atoms with Gasteiger partial charge in [-0.25, -0.2) is 0 Å². The average Bonchev–Trinajstić information content (AvgIpc) is 3.08. The monoisotopic (exact) mass is 334 g/mol. The second kappa shape index (κ2) is 7.49. The quantitative estimate of drug-likeness (QED) is 0.553. The van der Waals surface area contributed by atoms with Crippen molar-refractivity contribution in [2.24, 2.45) is 0 Å². The molecule has 2 aromatic carbocycles. The fourth-order valence-corrected chi connectivity index (χ4v) is 2.42. The number of phenols is 1. The van der Waals surface area contributed by atoms with Crippen LogP contribution in [0.25, 0.3) is 6.08 Å². The van der Waals surface area contributed by atoms with E-state index in [1.54, 1.807) is 18.3 Å². The maximum atomic E-state index is 12.2. The van der Waals surface area contributed by atoms with Gasteiger partial charge >= 0.3 is 0 Å². The summed E-state index contributed by atoms with van der Waals surface area (Å²) in [5.41, 5.74) is 2.45. The molecule has 0 aliphatic rings. The number of nitrogens with zero attached hydrogens (tertiary/aromatic N) is 2. The van der Waals surface area contributed by atoms with Crippen molar-refractivity contribution in [2.75, 3.05) is 7.11 Å². The predicted molar refractivity (Wildman–Crippen MR) is 95.8 cm³/mol. The molecule has 0 bridgehead atoms. The molecule has 0 amide bonds. The molecule has 1 aromatic heterocycles. The van der Waals surface area contributed by atoms with Crippen molar-refractivity contribution in [1.29, 1.82) is 0 Å². The highest BCUT2D eigenvalue weighted by Crippen LogP contribution is 2.26. The molecule has 126 valence electrons. The second-order valence-corrected chi connectivity index (χ2v) is 5.54. The summed E-state index contributed by atoms with van der Waals surface area (Å²) in [4.78, 5) is 12.2. The van der Waals surface area contributed by atoms with Crippen LogP contribution in [-0.2, 0) is 6.54 Å². The van der Waals surface area contributed by atoms with Crippen LogP contribution in [0.5, 0.6) is 11.5 Å². The van der Waals surface area contributed by atoms with E-state index in [-0.39, 0.29) is 17.3 Å².